The Labute approximate surface area is 75.3 Å². The zero-order valence-electron chi connectivity index (χ0n) is 7.43. The summed E-state index contributed by atoms with van der Waals surface area (Å²) in [6, 6.07) is 0. The summed E-state index contributed by atoms with van der Waals surface area (Å²) in [6.45, 7) is 1.87. The normalized spacial score (nSPS) is 29.4. The van der Waals surface area contributed by atoms with E-state index in [1.807, 2.05) is 6.92 Å². The van der Waals surface area contributed by atoms with Crippen LogP contribution in [0.25, 0.3) is 0 Å². The average Bonchev–Trinajstić information content (AvgIpc) is 2.08. The molecule has 0 aromatic heterocycles. The van der Waals surface area contributed by atoms with Gasteiger partial charge in [-0.15, -0.1) is 0 Å². The van der Waals surface area contributed by atoms with Crippen molar-refractivity contribution in [3.63, 3.8) is 0 Å². The van der Waals surface area contributed by atoms with Crippen LogP contribution in [0.4, 0.5) is 8.78 Å². The Morgan fingerprint density at radius 1 is 1.54 bits per heavy atom. The summed E-state index contributed by atoms with van der Waals surface area (Å²) in [5, 5.41) is 0. The number of halogens is 2. The number of hydrogen-bond acceptors (Lipinski definition) is 2. The first kappa shape index (κ1) is 10.3. The summed E-state index contributed by atoms with van der Waals surface area (Å²) in [5.41, 5.74) is 0. The molecule has 1 fully saturated rings. The predicted octanol–water partition coefficient (Wildman–Crippen LogP) is 1.83. The first-order valence-electron chi connectivity index (χ1n) is 4.37. The molecular weight excluding hydrogens is 178 g/mol. The fraction of sp³-hybridized carbons (Fsp3) is 0.778. The van der Waals surface area contributed by atoms with Gasteiger partial charge in [0.1, 0.15) is 5.78 Å². The molecule has 0 bridgehead atoms. The second-order valence-electron chi connectivity index (χ2n) is 3.60. The van der Waals surface area contributed by atoms with Gasteiger partial charge in [0.2, 0.25) is 5.78 Å². The molecule has 1 saturated carbocycles. The van der Waals surface area contributed by atoms with E-state index in [4.69, 9.17) is 0 Å². The minimum atomic E-state index is -3.00. The standard InChI is InChI=1S/C9H12F2O2/c1-5-2-3-7(12)6(4-5)8(13)9(10)11/h5-6,9H,2-4H2,1H3. The second kappa shape index (κ2) is 3.94. The van der Waals surface area contributed by atoms with Crippen LogP contribution in [0, 0.1) is 11.8 Å². The molecule has 0 aliphatic heterocycles. The predicted molar refractivity (Wildman–Crippen MR) is 42.5 cm³/mol. The fourth-order valence-corrected chi connectivity index (χ4v) is 1.64. The number of hydrogen-bond donors (Lipinski definition) is 0. The lowest BCUT2D eigenvalue weighted by Crippen LogP contribution is -2.33. The van der Waals surface area contributed by atoms with Crippen molar-refractivity contribution >= 4 is 11.6 Å². The molecule has 0 N–H and O–H groups in total. The van der Waals surface area contributed by atoms with Gasteiger partial charge in [0, 0.05) is 6.42 Å². The van der Waals surface area contributed by atoms with Crippen LogP contribution in [0.15, 0.2) is 0 Å². The van der Waals surface area contributed by atoms with Crippen molar-refractivity contribution in [2.45, 2.75) is 32.6 Å². The molecule has 1 rings (SSSR count). The molecule has 4 heteroatoms. The molecule has 0 amide bonds. The van der Waals surface area contributed by atoms with Crippen molar-refractivity contribution in [2.24, 2.45) is 11.8 Å². The zero-order chi connectivity index (χ0) is 10.0. The Kier molecular flexibility index (Phi) is 3.12. The van der Waals surface area contributed by atoms with E-state index in [0.29, 0.717) is 12.8 Å². The first-order valence-corrected chi connectivity index (χ1v) is 4.37. The Morgan fingerprint density at radius 3 is 2.69 bits per heavy atom. The van der Waals surface area contributed by atoms with Gasteiger partial charge in [-0.3, -0.25) is 9.59 Å². The summed E-state index contributed by atoms with van der Waals surface area (Å²) in [4.78, 5) is 22.0. The van der Waals surface area contributed by atoms with Gasteiger partial charge in [-0.1, -0.05) is 6.92 Å². The van der Waals surface area contributed by atoms with Crippen molar-refractivity contribution in [3.8, 4) is 0 Å². The number of ketones is 2. The van der Waals surface area contributed by atoms with Gasteiger partial charge >= 0.3 is 0 Å². The lowest BCUT2D eigenvalue weighted by Gasteiger charge is -2.23. The summed E-state index contributed by atoms with van der Waals surface area (Å²) in [7, 11) is 0. The summed E-state index contributed by atoms with van der Waals surface area (Å²) < 4.78 is 24.0. The Balaban J connectivity index is 2.66. The maximum absolute atomic E-state index is 12.0. The van der Waals surface area contributed by atoms with Gasteiger partial charge in [0.05, 0.1) is 5.92 Å². The molecule has 0 aromatic rings. The highest BCUT2D eigenvalue weighted by Crippen LogP contribution is 2.27. The number of Topliss-reactive ketones (excluding diaryl/α,β-unsaturated/α-hetero) is 2. The van der Waals surface area contributed by atoms with Gasteiger partial charge in [-0.25, -0.2) is 8.78 Å². The molecule has 13 heavy (non-hydrogen) atoms. The maximum Gasteiger partial charge on any atom is 0.296 e. The van der Waals surface area contributed by atoms with Crippen LogP contribution in [0.5, 0.6) is 0 Å². The lowest BCUT2D eigenvalue weighted by atomic mass is 9.79. The minimum Gasteiger partial charge on any atom is -0.299 e. The van der Waals surface area contributed by atoms with E-state index < -0.39 is 18.1 Å². The largest absolute Gasteiger partial charge is 0.299 e. The summed E-state index contributed by atoms with van der Waals surface area (Å²) in [6.07, 6.45) is -1.72. The maximum atomic E-state index is 12.0. The molecule has 74 valence electrons. The molecule has 2 unspecified atom stereocenters. The molecule has 1 aliphatic carbocycles. The van der Waals surface area contributed by atoms with Crippen LogP contribution in [0.2, 0.25) is 0 Å². The van der Waals surface area contributed by atoms with Gasteiger partial charge in [-0.2, -0.15) is 0 Å². The van der Waals surface area contributed by atoms with E-state index in [1.165, 1.54) is 0 Å². The van der Waals surface area contributed by atoms with E-state index in [0.717, 1.165) is 0 Å². The van der Waals surface area contributed by atoms with Crippen LogP contribution in [-0.2, 0) is 9.59 Å². The quantitative estimate of drug-likeness (QED) is 0.622. The van der Waals surface area contributed by atoms with E-state index >= 15 is 0 Å². The van der Waals surface area contributed by atoms with E-state index in [1.54, 1.807) is 0 Å². The van der Waals surface area contributed by atoms with Crippen LogP contribution >= 0.6 is 0 Å². The Hall–Kier alpha value is -0.800. The van der Waals surface area contributed by atoms with Crippen LogP contribution in [0.1, 0.15) is 26.2 Å². The van der Waals surface area contributed by atoms with E-state index in [2.05, 4.69) is 0 Å². The van der Waals surface area contributed by atoms with E-state index in [9.17, 15) is 18.4 Å². The van der Waals surface area contributed by atoms with Crippen LogP contribution in [0.3, 0.4) is 0 Å². The SMILES string of the molecule is CC1CCC(=O)C(C(=O)C(F)F)C1. The van der Waals surface area contributed by atoms with Gasteiger partial charge in [-0.05, 0) is 18.8 Å². The molecular formula is C9H12F2O2. The smallest absolute Gasteiger partial charge is 0.296 e. The highest BCUT2D eigenvalue weighted by atomic mass is 19.3. The molecule has 1 aliphatic rings. The highest BCUT2D eigenvalue weighted by molar-refractivity contribution is 6.04. The topological polar surface area (TPSA) is 34.1 Å². The molecule has 0 radical (unpaired) electrons. The molecule has 0 heterocycles. The monoisotopic (exact) mass is 190 g/mol. The molecule has 0 saturated heterocycles. The minimum absolute atomic E-state index is 0.199. The molecule has 0 aromatic carbocycles. The first-order chi connectivity index (χ1) is 6.02. The van der Waals surface area contributed by atoms with Crippen molar-refractivity contribution in [1.82, 2.24) is 0 Å². The number of rotatable bonds is 2. The van der Waals surface area contributed by atoms with Gasteiger partial charge < -0.3 is 0 Å². The number of carbonyl (C=O) groups is 2. The van der Waals surface area contributed by atoms with Gasteiger partial charge in [0.25, 0.3) is 6.43 Å². The Bertz CT molecular complexity index is 226. The van der Waals surface area contributed by atoms with Crippen molar-refractivity contribution in [2.75, 3.05) is 0 Å². The number of alkyl halides is 2. The zero-order valence-corrected chi connectivity index (χ0v) is 7.43. The van der Waals surface area contributed by atoms with Crippen molar-refractivity contribution in [1.29, 1.82) is 0 Å². The third-order valence-corrected chi connectivity index (χ3v) is 2.47. The number of carbonyl (C=O) groups excluding carboxylic acids is 2. The van der Waals surface area contributed by atoms with Crippen LogP contribution in [-0.4, -0.2) is 18.0 Å². The van der Waals surface area contributed by atoms with Crippen LogP contribution < -0.4 is 0 Å². The molecule has 0 spiro atoms. The van der Waals surface area contributed by atoms with E-state index in [-0.39, 0.29) is 18.1 Å². The third kappa shape index (κ3) is 2.32. The van der Waals surface area contributed by atoms with Crippen molar-refractivity contribution < 1.29 is 18.4 Å². The average molecular weight is 190 g/mol. The fourth-order valence-electron chi connectivity index (χ4n) is 1.64. The molecule has 2 nitrogen and oxygen atoms in total. The summed E-state index contributed by atoms with van der Waals surface area (Å²) >= 11 is 0. The lowest BCUT2D eigenvalue weighted by molar-refractivity contribution is -0.142. The Morgan fingerprint density at radius 2 is 2.15 bits per heavy atom. The second-order valence-corrected chi connectivity index (χ2v) is 3.60. The third-order valence-electron chi connectivity index (χ3n) is 2.47. The van der Waals surface area contributed by atoms with Crippen molar-refractivity contribution in [3.05, 3.63) is 0 Å². The van der Waals surface area contributed by atoms with Gasteiger partial charge in [0.15, 0.2) is 0 Å². The summed E-state index contributed by atoms with van der Waals surface area (Å²) in [5.74, 6) is -2.35. The highest BCUT2D eigenvalue weighted by Gasteiger charge is 2.35. The molecule has 2 atom stereocenters.